The summed E-state index contributed by atoms with van der Waals surface area (Å²) in [5.74, 6) is -0.603. The Bertz CT molecular complexity index is 883. The first kappa shape index (κ1) is 18.1. The second kappa shape index (κ2) is 6.71. The summed E-state index contributed by atoms with van der Waals surface area (Å²) in [6.45, 7) is 1.74. The van der Waals surface area contributed by atoms with E-state index in [4.69, 9.17) is 0 Å². The van der Waals surface area contributed by atoms with Gasteiger partial charge in [-0.3, -0.25) is 19.3 Å². The molecule has 1 spiro atoms. The molecule has 0 N–H and O–H groups in total. The lowest BCUT2D eigenvalue weighted by molar-refractivity contribution is -0.147. The maximum Gasteiger partial charge on any atom is 0.243 e. The minimum Gasteiger partial charge on any atom is -0.335 e. The Hall–Kier alpha value is -2.28. The van der Waals surface area contributed by atoms with Crippen LogP contribution < -0.4 is 0 Å². The summed E-state index contributed by atoms with van der Waals surface area (Å²) in [6.07, 6.45) is 3.75. The van der Waals surface area contributed by atoms with Crippen LogP contribution in [0.2, 0.25) is 0 Å². The molecule has 4 rings (SSSR count). The summed E-state index contributed by atoms with van der Waals surface area (Å²) in [6, 6.07) is 7.64. The van der Waals surface area contributed by atoms with Crippen molar-refractivity contribution in [2.75, 3.05) is 13.6 Å². The van der Waals surface area contributed by atoms with E-state index in [-0.39, 0.29) is 36.7 Å². The van der Waals surface area contributed by atoms with Gasteiger partial charge in [0, 0.05) is 13.5 Å². The fourth-order valence-electron chi connectivity index (χ4n) is 4.16. The van der Waals surface area contributed by atoms with Crippen LogP contribution in [0.25, 0.3) is 10.2 Å². The molecule has 2 aromatic rings. The zero-order valence-corrected chi connectivity index (χ0v) is 16.4. The molecule has 2 heterocycles. The predicted octanol–water partition coefficient (Wildman–Crippen LogP) is 3.14. The molecule has 1 aliphatic carbocycles. The van der Waals surface area contributed by atoms with E-state index in [0.29, 0.717) is 0 Å². The molecule has 0 radical (unpaired) electrons. The van der Waals surface area contributed by atoms with Gasteiger partial charge in [-0.1, -0.05) is 25.0 Å². The maximum atomic E-state index is 12.8. The molecule has 2 fully saturated rings. The number of thiazole rings is 1. The van der Waals surface area contributed by atoms with E-state index in [2.05, 4.69) is 4.98 Å². The van der Waals surface area contributed by atoms with Gasteiger partial charge in [0.05, 0.1) is 21.7 Å². The summed E-state index contributed by atoms with van der Waals surface area (Å²) >= 11 is 1.56. The van der Waals surface area contributed by atoms with E-state index in [0.717, 1.165) is 40.9 Å². The van der Waals surface area contributed by atoms with Crippen molar-refractivity contribution in [3.8, 4) is 0 Å². The molecule has 2 aliphatic rings. The number of likely N-dealkylation sites (tertiary alicyclic amines) is 1. The zero-order valence-electron chi connectivity index (χ0n) is 15.6. The number of hydrogen-bond donors (Lipinski definition) is 0. The highest BCUT2D eigenvalue weighted by atomic mass is 32.1. The van der Waals surface area contributed by atoms with E-state index in [9.17, 15) is 14.4 Å². The monoisotopic (exact) mass is 385 g/mol. The number of imide groups is 1. The van der Waals surface area contributed by atoms with Crippen LogP contribution in [-0.4, -0.2) is 46.1 Å². The molecule has 1 unspecified atom stereocenters. The first-order chi connectivity index (χ1) is 12.9. The van der Waals surface area contributed by atoms with Crippen LogP contribution in [0.5, 0.6) is 0 Å². The van der Waals surface area contributed by atoms with Crippen molar-refractivity contribution in [2.24, 2.45) is 5.41 Å². The van der Waals surface area contributed by atoms with Crippen molar-refractivity contribution in [1.29, 1.82) is 0 Å². The largest absolute Gasteiger partial charge is 0.335 e. The Morgan fingerprint density at radius 1 is 1.30 bits per heavy atom. The number of aromatic nitrogens is 1. The van der Waals surface area contributed by atoms with Gasteiger partial charge >= 0.3 is 0 Å². The molecule has 6 nitrogen and oxygen atoms in total. The van der Waals surface area contributed by atoms with E-state index in [1.165, 1.54) is 4.90 Å². The van der Waals surface area contributed by atoms with Gasteiger partial charge in [-0.15, -0.1) is 11.3 Å². The summed E-state index contributed by atoms with van der Waals surface area (Å²) in [5.41, 5.74) is 0.382. The van der Waals surface area contributed by atoms with Crippen molar-refractivity contribution in [3.05, 3.63) is 29.3 Å². The van der Waals surface area contributed by atoms with E-state index in [1.54, 1.807) is 23.3 Å². The summed E-state index contributed by atoms with van der Waals surface area (Å²) < 4.78 is 1.08. The number of rotatable bonds is 4. The molecule has 1 saturated heterocycles. The molecule has 3 amide bonds. The first-order valence-corrected chi connectivity index (χ1v) is 10.2. The van der Waals surface area contributed by atoms with Crippen LogP contribution in [0.3, 0.4) is 0 Å². The third kappa shape index (κ3) is 3.04. The highest BCUT2D eigenvalue weighted by molar-refractivity contribution is 7.18. The van der Waals surface area contributed by atoms with Gasteiger partial charge < -0.3 is 4.90 Å². The highest BCUT2D eigenvalue weighted by Crippen LogP contribution is 2.46. The Morgan fingerprint density at radius 2 is 2.00 bits per heavy atom. The van der Waals surface area contributed by atoms with Gasteiger partial charge in [-0.2, -0.15) is 0 Å². The lowest BCUT2D eigenvalue weighted by Gasteiger charge is -2.26. The maximum absolute atomic E-state index is 12.8. The Balaban J connectivity index is 1.47. The van der Waals surface area contributed by atoms with Crippen LogP contribution in [0, 0.1) is 5.41 Å². The van der Waals surface area contributed by atoms with Gasteiger partial charge in [0.25, 0.3) is 0 Å². The van der Waals surface area contributed by atoms with Gasteiger partial charge in [-0.05, 0) is 31.9 Å². The Kier molecular flexibility index (Phi) is 4.50. The molecule has 7 heteroatoms. The molecule has 1 aromatic heterocycles. The van der Waals surface area contributed by atoms with Gasteiger partial charge in [-0.25, -0.2) is 4.98 Å². The normalized spacial score (nSPS) is 20.0. The SMILES string of the molecule is CC(c1nc2ccccc2s1)N(C)C(=O)CN1C(=O)CC2(CCCC2)C1=O. The lowest BCUT2D eigenvalue weighted by Crippen LogP contribution is -2.43. The van der Waals surface area contributed by atoms with Crippen LogP contribution >= 0.6 is 11.3 Å². The van der Waals surface area contributed by atoms with Gasteiger partial charge in [0.2, 0.25) is 17.7 Å². The van der Waals surface area contributed by atoms with Crippen molar-refractivity contribution >= 4 is 39.3 Å². The molecule has 1 aromatic carbocycles. The molecule has 1 aliphatic heterocycles. The molecule has 27 heavy (non-hydrogen) atoms. The molecule has 0 bridgehead atoms. The second-order valence-corrected chi connectivity index (χ2v) is 8.71. The number of nitrogens with zero attached hydrogens (tertiary/aromatic N) is 3. The minimum atomic E-state index is -0.533. The second-order valence-electron chi connectivity index (χ2n) is 7.65. The van der Waals surface area contributed by atoms with Crippen molar-refractivity contribution in [2.45, 2.75) is 45.1 Å². The van der Waals surface area contributed by atoms with Crippen molar-refractivity contribution < 1.29 is 14.4 Å². The fraction of sp³-hybridized carbons (Fsp3) is 0.500. The van der Waals surface area contributed by atoms with Crippen LogP contribution in [-0.2, 0) is 14.4 Å². The topological polar surface area (TPSA) is 70.6 Å². The number of carbonyl (C=O) groups is 3. The smallest absolute Gasteiger partial charge is 0.243 e. The predicted molar refractivity (Wildman–Crippen MR) is 103 cm³/mol. The quantitative estimate of drug-likeness (QED) is 0.758. The van der Waals surface area contributed by atoms with Gasteiger partial charge in [0.15, 0.2) is 0 Å². The lowest BCUT2D eigenvalue weighted by atomic mass is 9.84. The van der Waals surface area contributed by atoms with Crippen LogP contribution in [0.1, 0.15) is 50.1 Å². The molecule has 142 valence electrons. The van der Waals surface area contributed by atoms with Gasteiger partial charge in [0.1, 0.15) is 11.6 Å². The van der Waals surface area contributed by atoms with Crippen molar-refractivity contribution in [3.63, 3.8) is 0 Å². The molecule has 1 saturated carbocycles. The number of benzene rings is 1. The number of hydrogen-bond acceptors (Lipinski definition) is 5. The third-order valence-corrected chi connectivity index (χ3v) is 7.19. The van der Waals surface area contributed by atoms with Crippen molar-refractivity contribution in [1.82, 2.24) is 14.8 Å². The Labute approximate surface area is 162 Å². The number of fused-ring (bicyclic) bond motifs is 1. The molecular weight excluding hydrogens is 362 g/mol. The van der Waals surface area contributed by atoms with E-state index < -0.39 is 5.41 Å². The van der Waals surface area contributed by atoms with E-state index in [1.807, 2.05) is 31.2 Å². The summed E-state index contributed by atoms with van der Waals surface area (Å²) in [4.78, 5) is 45.3. The fourth-order valence-corrected chi connectivity index (χ4v) is 5.22. The Morgan fingerprint density at radius 3 is 2.70 bits per heavy atom. The average molecular weight is 385 g/mol. The third-order valence-electron chi connectivity index (χ3n) is 5.99. The summed E-state index contributed by atoms with van der Waals surface area (Å²) in [7, 11) is 1.70. The zero-order chi connectivity index (χ0) is 19.2. The number of likely N-dealkylation sites (N-methyl/N-ethyl adjacent to an activating group) is 1. The van der Waals surface area contributed by atoms with E-state index >= 15 is 0 Å². The standard InChI is InChI=1S/C20H23N3O3S/c1-13(18-21-14-7-3-4-8-15(14)27-18)22(2)17(25)12-23-16(24)11-20(19(23)26)9-5-6-10-20/h3-4,7-8,13H,5-6,9-12H2,1-2H3. The van der Waals surface area contributed by atoms with Crippen LogP contribution in [0.15, 0.2) is 24.3 Å². The first-order valence-electron chi connectivity index (χ1n) is 9.37. The highest BCUT2D eigenvalue weighted by Gasteiger charge is 2.53. The minimum absolute atomic E-state index is 0.153. The number of carbonyl (C=O) groups excluding carboxylic acids is 3. The molecule has 1 atom stereocenters. The summed E-state index contributed by atoms with van der Waals surface area (Å²) in [5, 5.41) is 0.846. The molecular formula is C20H23N3O3S. The van der Waals surface area contributed by atoms with Crippen LogP contribution in [0.4, 0.5) is 0 Å². The number of amides is 3. The average Bonchev–Trinajstić information content (AvgIpc) is 3.35. The number of para-hydroxylation sites is 1.